The number of aromatic amines is 1. The zero-order valence-corrected chi connectivity index (χ0v) is 12.9. The average Bonchev–Trinajstić information content (AvgIpc) is 2.86. The van der Waals surface area contributed by atoms with Crippen LogP contribution in [0.3, 0.4) is 0 Å². The number of hydrogen-bond donors (Lipinski definition) is 2. The van der Waals surface area contributed by atoms with Crippen molar-refractivity contribution in [1.29, 1.82) is 0 Å². The molecule has 0 saturated heterocycles. The Balaban J connectivity index is 1.83. The smallest absolute Gasteiger partial charge is 0.408 e. The van der Waals surface area contributed by atoms with Crippen molar-refractivity contribution in [3.8, 4) is 0 Å². The van der Waals surface area contributed by atoms with Crippen molar-refractivity contribution in [2.24, 2.45) is 5.10 Å². The number of rotatable bonds is 4. The van der Waals surface area contributed by atoms with Gasteiger partial charge in [-0.2, -0.15) is 13.5 Å². The second kappa shape index (κ2) is 5.73. The second-order valence-electron chi connectivity index (χ2n) is 4.94. The van der Waals surface area contributed by atoms with Gasteiger partial charge in [0.25, 0.3) is 10.0 Å². The van der Waals surface area contributed by atoms with E-state index in [-0.39, 0.29) is 10.5 Å². The summed E-state index contributed by atoms with van der Waals surface area (Å²) in [6.45, 7) is 1.93. The lowest BCUT2D eigenvalue weighted by Crippen LogP contribution is -2.18. The maximum absolute atomic E-state index is 12.2. The summed E-state index contributed by atoms with van der Waals surface area (Å²) in [5, 5.41) is 3.75. The van der Waals surface area contributed by atoms with Crippen LogP contribution in [0.15, 0.2) is 61.7 Å². The Bertz CT molecular complexity index is 1050. The molecule has 2 N–H and O–H groups in total. The predicted molar refractivity (Wildman–Crippen MR) is 85.9 cm³/mol. The van der Waals surface area contributed by atoms with Crippen LogP contribution < -0.4 is 10.6 Å². The fourth-order valence-electron chi connectivity index (χ4n) is 2.07. The van der Waals surface area contributed by atoms with Crippen LogP contribution in [0.2, 0.25) is 0 Å². The van der Waals surface area contributed by atoms with Gasteiger partial charge in [0.1, 0.15) is 0 Å². The molecule has 8 heteroatoms. The van der Waals surface area contributed by atoms with E-state index in [0.717, 1.165) is 11.1 Å². The summed E-state index contributed by atoms with van der Waals surface area (Å²) >= 11 is 0. The molecule has 1 heterocycles. The maximum atomic E-state index is 12.2. The monoisotopic (exact) mass is 331 g/mol. The van der Waals surface area contributed by atoms with Gasteiger partial charge in [0, 0.05) is 6.07 Å². The third kappa shape index (κ3) is 3.32. The lowest BCUT2D eigenvalue weighted by molar-refractivity contribution is 0.553. The molecule has 23 heavy (non-hydrogen) atoms. The molecule has 0 fully saturated rings. The largest absolute Gasteiger partial charge is 0.417 e. The molecule has 0 radical (unpaired) electrons. The number of hydrazone groups is 1. The highest BCUT2D eigenvalue weighted by Crippen LogP contribution is 2.16. The number of oxazole rings is 1. The summed E-state index contributed by atoms with van der Waals surface area (Å²) in [6, 6.07) is 11.5. The molecule has 3 aromatic rings. The van der Waals surface area contributed by atoms with Gasteiger partial charge in [0.15, 0.2) is 5.58 Å². The van der Waals surface area contributed by atoms with Crippen LogP contribution in [-0.2, 0) is 10.0 Å². The van der Waals surface area contributed by atoms with E-state index in [2.05, 4.69) is 14.9 Å². The molecule has 0 amide bonds. The van der Waals surface area contributed by atoms with Crippen molar-refractivity contribution < 1.29 is 12.8 Å². The van der Waals surface area contributed by atoms with Crippen molar-refractivity contribution in [3.63, 3.8) is 0 Å². The molecule has 0 aliphatic carbocycles. The molecule has 0 aliphatic heterocycles. The Morgan fingerprint density at radius 2 is 2.04 bits per heavy atom. The third-order valence-corrected chi connectivity index (χ3v) is 4.35. The van der Waals surface area contributed by atoms with E-state index in [9.17, 15) is 13.2 Å². The molecule has 7 nitrogen and oxygen atoms in total. The van der Waals surface area contributed by atoms with Crippen LogP contribution in [0.5, 0.6) is 0 Å². The van der Waals surface area contributed by atoms with Gasteiger partial charge < -0.3 is 4.42 Å². The quantitative estimate of drug-likeness (QED) is 0.561. The van der Waals surface area contributed by atoms with E-state index in [1.54, 1.807) is 0 Å². The van der Waals surface area contributed by atoms with Gasteiger partial charge in [0.2, 0.25) is 0 Å². The second-order valence-corrected chi connectivity index (χ2v) is 6.60. The average molecular weight is 331 g/mol. The van der Waals surface area contributed by atoms with Gasteiger partial charge in [-0.3, -0.25) is 4.98 Å². The fourth-order valence-corrected chi connectivity index (χ4v) is 2.87. The first-order chi connectivity index (χ1) is 10.9. The summed E-state index contributed by atoms with van der Waals surface area (Å²) in [7, 11) is -3.85. The van der Waals surface area contributed by atoms with Crippen LogP contribution in [0.25, 0.3) is 11.1 Å². The van der Waals surface area contributed by atoms with Crippen molar-refractivity contribution in [2.45, 2.75) is 11.8 Å². The lowest BCUT2D eigenvalue weighted by Gasteiger charge is -2.03. The number of aryl methyl sites for hydroxylation is 1. The van der Waals surface area contributed by atoms with E-state index in [0.29, 0.717) is 5.52 Å². The molecule has 0 aliphatic rings. The number of nitrogens with one attached hydrogen (secondary N) is 2. The Labute approximate surface area is 131 Å². The topological polar surface area (TPSA) is 105 Å². The minimum Gasteiger partial charge on any atom is -0.408 e. The normalized spacial score (nSPS) is 12.0. The first-order valence-corrected chi connectivity index (χ1v) is 8.17. The molecule has 2 aromatic carbocycles. The molecule has 0 saturated carbocycles. The minimum absolute atomic E-state index is 0.0471. The zero-order valence-electron chi connectivity index (χ0n) is 12.1. The molecule has 118 valence electrons. The van der Waals surface area contributed by atoms with Gasteiger partial charge in [-0.05, 0) is 24.6 Å². The number of benzene rings is 2. The SMILES string of the molecule is Cc1cccc(/C=N/NS(=O)(=O)c2ccc3[nH]c(=O)oc3c2)c1. The number of nitrogens with zero attached hydrogens (tertiary/aromatic N) is 1. The van der Waals surface area contributed by atoms with Crippen molar-refractivity contribution >= 4 is 27.3 Å². The summed E-state index contributed by atoms with van der Waals surface area (Å²) in [5.74, 6) is -0.639. The van der Waals surface area contributed by atoms with Gasteiger partial charge >= 0.3 is 5.76 Å². The number of sulfonamides is 1. The predicted octanol–water partition coefficient (Wildman–Crippen LogP) is 1.74. The number of H-pyrrole nitrogens is 1. The lowest BCUT2D eigenvalue weighted by atomic mass is 10.2. The van der Waals surface area contributed by atoms with Crippen LogP contribution >= 0.6 is 0 Å². The summed E-state index contributed by atoms with van der Waals surface area (Å²) < 4.78 is 29.2. The highest BCUT2D eigenvalue weighted by Gasteiger charge is 2.14. The molecule has 1 aromatic heterocycles. The Morgan fingerprint density at radius 1 is 1.22 bits per heavy atom. The number of hydrogen-bond acceptors (Lipinski definition) is 5. The van der Waals surface area contributed by atoms with E-state index >= 15 is 0 Å². The van der Waals surface area contributed by atoms with Crippen molar-refractivity contribution in [3.05, 3.63) is 64.1 Å². The Hall–Kier alpha value is -2.87. The fraction of sp³-hybridized carbons (Fsp3) is 0.0667. The number of aromatic nitrogens is 1. The molecular weight excluding hydrogens is 318 g/mol. The highest BCUT2D eigenvalue weighted by atomic mass is 32.2. The van der Waals surface area contributed by atoms with Gasteiger partial charge in [-0.25, -0.2) is 9.63 Å². The van der Waals surface area contributed by atoms with Gasteiger partial charge in [-0.15, -0.1) is 0 Å². The van der Waals surface area contributed by atoms with E-state index in [1.807, 2.05) is 31.2 Å². The van der Waals surface area contributed by atoms with Crippen LogP contribution in [0, 0.1) is 6.92 Å². The van der Waals surface area contributed by atoms with Crippen LogP contribution in [-0.4, -0.2) is 19.6 Å². The molecule has 0 unspecified atom stereocenters. The molecular formula is C15H13N3O4S. The van der Waals surface area contributed by atoms with Crippen LogP contribution in [0.1, 0.15) is 11.1 Å². The van der Waals surface area contributed by atoms with Crippen molar-refractivity contribution in [1.82, 2.24) is 9.82 Å². The van der Waals surface area contributed by atoms with E-state index < -0.39 is 15.8 Å². The first kappa shape index (κ1) is 15.0. The van der Waals surface area contributed by atoms with Crippen LogP contribution in [0.4, 0.5) is 0 Å². The standard InChI is InChI=1S/C15H13N3O4S/c1-10-3-2-4-11(7-10)9-16-18-23(20,21)12-5-6-13-14(8-12)22-15(19)17-13/h2-9,18H,1H3,(H,17,19)/b16-9+. The van der Waals surface area contributed by atoms with Gasteiger partial charge in [0.05, 0.1) is 16.6 Å². The maximum Gasteiger partial charge on any atom is 0.417 e. The van der Waals surface area contributed by atoms with E-state index in [4.69, 9.17) is 4.42 Å². The summed E-state index contributed by atoms with van der Waals surface area (Å²) in [5.41, 5.74) is 2.42. The number of fused-ring (bicyclic) bond motifs is 1. The summed E-state index contributed by atoms with van der Waals surface area (Å²) in [4.78, 5) is 15.6. The minimum atomic E-state index is -3.85. The molecule has 0 bridgehead atoms. The Kier molecular flexibility index (Phi) is 3.75. The first-order valence-electron chi connectivity index (χ1n) is 6.68. The highest BCUT2D eigenvalue weighted by molar-refractivity contribution is 7.89. The van der Waals surface area contributed by atoms with Gasteiger partial charge in [-0.1, -0.05) is 29.8 Å². The molecule has 0 spiro atoms. The summed E-state index contributed by atoms with van der Waals surface area (Å²) in [6.07, 6.45) is 1.42. The van der Waals surface area contributed by atoms with Crippen molar-refractivity contribution in [2.75, 3.05) is 0 Å². The van der Waals surface area contributed by atoms with E-state index in [1.165, 1.54) is 24.4 Å². The molecule has 0 atom stereocenters. The zero-order chi connectivity index (χ0) is 16.4. The molecule has 3 rings (SSSR count). The Morgan fingerprint density at radius 3 is 2.83 bits per heavy atom. The third-order valence-electron chi connectivity index (χ3n) is 3.13.